The molecule has 0 aliphatic rings. The molecule has 0 atom stereocenters. The van der Waals surface area contributed by atoms with Gasteiger partial charge in [-0.05, 0) is 74.5 Å². The van der Waals surface area contributed by atoms with Crippen molar-refractivity contribution < 1.29 is 4.42 Å². The maximum atomic E-state index is 6.44. The largest absolute Gasteiger partial charge is 0.456 e. The van der Waals surface area contributed by atoms with Crippen LogP contribution in [0.4, 0.5) is 0 Å². The lowest BCUT2D eigenvalue weighted by atomic mass is 9.98. The van der Waals surface area contributed by atoms with Crippen molar-refractivity contribution in [2.45, 2.75) is 0 Å². The zero-order chi connectivity index (χ0) is 35.1. The quantitative estimate of drug-likeness (QED) is 0.176. The Bertz CT molecular complexity index is 2910. The predicted octanol–water partition coefficient (Wildman–Crippen LogP) is 13.5. The molecule has 2 aromatic heterocycles. The zero-order valence-electron chi connectivity index (χ0n) is 28.8. The fourth-order valence-corrected chi connectivity index (χ4v) is 7.35. The fourth-order valence-electron chi connectivity index (χ4n) is 7.35. The molecule has 0 radical (unpaired) electrons. The highest BCUT2D eigenvalue weighted by Crippen LogP contribution is 2.39. The lowest BCUT2D eigenvalue weighted by Crippen LogP contribution is -1.96. The van der Waals surface area contributed by atoms with Crippen molar-refractivity contribution in [3.8, 4) is 67.3 Å². The number of hydrogen-bond acceptors (Lipinski definition) is 3. The first kappa shape index (κ1) is 30.7. The van der Waals surface area contributed by atoms with E-state index < -0.39 is 0 Å². The van der Waals surface area contributed by atoms with Crippen LogP contribution in [-0.4, -0.2) is 9.97 Å². The Labute approximate surface area is 307 Å². The lowest BCUT2D eigenvalue weighted by Gasteiger charge is -2.11. The van der Waals surface area contributed by atoms with E-state index in [0.29, 0.717) is 5.82 Å². The van der Waals surface area contributed by atoms with Gasteiger partial charge in [-0.15, -0.1) is 0 Å². The van der Waals surface area contributed by atoms with E-state index in [9.17, 15) is 0 Å². The van der Waals surface area contributed by atoms with Crippen molar-refractivity contribution in [3.05, 3.63) is 194 Å². The number of fused-ring (bicyclic) bond motifs is 4. The normalized spacial score (nSPS) is 11.4. The molecule has 0 unspecified atom stereocenters. The van der Waals surface area contributed by atoms with Crippen molar-refractivity contribution in [1.82, 2.24) is 9.97 Å². The Balaban J connectivity index is 1.07. The summed E-state index contributed by atoms with van der Waals surface area (Å²) >= 11 is 0. The molecule has 3 heteroatoms. The van der Waals surface area contributed by atoms with Crippen molar-refractivity contribution in [1.29, 1.82) is 0 Å². The van der Waals surface area contributed by atoms with E-state index in [1.165, 1.54) is 27.5 Å². The van der Waals surface area contributed by atoms with E-state index in [1.807, 2.05) is 36.4 Å². The molecule has 0 aliphatic heterocycles. The highest BCUT2D eigenvalue weighted by atomic mass is 16.3. The van der Waals surface area contributed by atoms with Crippen molar-refractivity contribution in [3.63, 3.8) is 0 Å². The second kappa shape index (κ2) is 12.9. The molecule has 53 heavy (non-hydrogen) atoms. The summed E-state index contributed by atoms with van der Waals surface area (Å²) in [5.41, 5.74) is 13.4. The first-order valence-corrected chi connectivity index (χ1v) is 17.9. The van der Waals surface area contributed by atoms with Gasteiger partial charge in [0.05, 0.1) is 11.4 Å². The fraction of sp³-hybridized carbons (Fsp3) is 0. The molecule has 248 valence electrons. The van der Waals surface area contributed by atoms with Crippen LogP contribution in [0.15, 0.2) is 199 Å². The van der Waals surface area contributed by atoms with E-state index in [-0.39, 0.29) is 0 Å². The van der Waals surface area contributed by atoms with Crippen LogP contribution in [0.1, 0.15) is 0 Å². The minimum absolute atomic E-state index is 0.659. The van der Waals surface area contributed by atoms with Gasteiger partial charge in [0.2, 0.25) is 0 Å². The van der Waals surface area contributed by atoms with Crippen molar-refractivity contribution in [2.75, 3.05) is 0 Å². The molecule has 3 nitrogen and oxygen atoms in total. The van der Waals surface area contributed by atoms with E-state index in [2.05, 4.69) is 158 Å². The Morgan fingerprint density at radius 1 is 0.321 bits per heavy atom. The minimum Gasteiger partial charge on any atom is -0.456 e. The monoisotopic (exact) mass is 676 g/mol. The van der Waals surface area contributed by atoms with E-state index >= 15 is 0 Å². The molecule has 10 rings (SSSR count). The second-order valence-corrected chi connectivity index (χ2v) is 13.4. The average Bonchev–Trinajstić information content (AvgIpc) is 3.62. The van der Waals surface area contributed by atoms with Crippen LogP contribution in [0.3, 0.4) is 0 Å². The van der Waals surface area contributed by atoms with E-state index in [1.54, 1.807) is 0 Å². The first-order valence-electron chi connectivity index (χ1n) is 17.9. The number of benzene rings is 8. The molecule has 0 fully saturated rings. The summed E-state index contributed by atoms with van der Waals surface area (Å²) in [4.78, 5) is 10.4. The third-order valence-electron chi connectivity index (χ3n) is 10.1. The molecule has 0 N–H and O–H groups in total. The number of rotatable bonds is 6. The van der Waals surface area contributed by atoms with Crippen molar-refractivity contribution in [2.24, 2.45) is 0 Å². The number of nitrogens with zero attached hydrogens (tertiary/aromatic N) is 2. The average molecular weight is 677 g/mol. The second-order valence-electron chi connectivity index (χ2n) is 13.4. The number of aromatic nitrogens is 2. The van der Waals surface area contributed by atoms with Gasteiger partial charge >= 0.3 is 0 Å². The van der Waals surface area contributed by atoms with Gasteiger partial charge in [0, 0.05) is 27.5 Å². The van der Waals surface area contributed by atoms with Crippen LogP contribution in [0.25, 0.3) is 100.0 Å². The van der Waals surface area contributed by atoms with Crippen molar-refractivity contribution >= 4 is 32.7 Å². The van der Waals surface area contributed by atoms with Gasteiger partial charge in [0.25, 0.3) is 0 Å². The topological polar surface area (TPSA) is 38.9 Å². The molecular formula is C50H32N2O. The molecule has 0 saturated heterocycles. The Morgan fingerprint density at radius 3 is 1.51 bits per heavy atom. The smallest absolute Gasteiger partial charge is 0.161 e. The molecular weight excluding hydrogens is 645 g/mol. The van der Waals surface area contributed by atoms with Crippen LogP contribution in [0.2, 0.25) is 0 Å². The third kappa shape index (κ3) is 5.75. The predicted molar refractivity (Wildman–Crippen MR) is 219 cm³/mol. The van der Waals surface area contributed by atoms with E-state index in [0.717, 1.165) is 66.7 Å². The van der Waals surface area contributed by atoms with Gasteiger partial charge in [0.15, 0.2) is 5.82 Å². The van der Waals surface area contributed by atoms with Gasteiger partial charge in [-0.2, -0.15) is 0 Å². The van der Waals surface area contributed by atoms with E-state index in [4.69, 9.17) is 14.4 Å². The summed E-state index contributed by atoms with van der Waals surface area (Å²) < 4.78 is 6.44. The maximum Gasteiger partial charge on any atom is 0.161 e. The summed E-state index contributed by atoms with van der Waals surface area (Å²) in [6, 6.07) is 68.0. The van der Waals surface area contributed by atoms with Gasteiger partial charge in [-0.1, -0.05) is 164 Å². The minimum atomic E-state index is 0.659. The summed E-state index contributed by atoms with van der Waals surface area (Å²) in [7, 11) is 0. The Hall–Kier alpha value is -7.10. The van der Waals surface area contributed by atoms with Crippen LogP contribution in [0, 0.1) is 0 Å². The lowest BCUT2D eigenvalue weighted by molar-refractivity contribution is 0.669. The standard InChI is InChI=1S/C50H32N2O/c1-3-10-33(11-4-1)35-18-20-36(21-19-35)37-22-25-39(26-23-37)46-32-45(38-13-5-2-6-14-38)51-50(52-46)43-16-9-17-48-49(43)44-31-42(28-29-47(44)53-48)41-27-24-34-12-7-8-15-40(34)30-41/h1-32H. The molecule has 0 saturated carbocycles. The van der Waals surface area contributed by atoms with Gasteiger partial charge < -0.3 is 4.42 Å². The maximum absolute atomic E-state index is 6.44. The summed E-state index contributed by atoms with van der Waals surface area (Å²) in [6.07, 6.45) is 0. The summed E-state index contributed by atoms with van der Waals surface area (Å²) in [5, 5.41) is 4.50. The van der Waals surface area contributed by atoms with Crippen LogP contribution in [-0.2, 0) is 0 Å². The van der Waals surface area contributed by atoms with Gasteiger partial charge in [-0.25, -0.2) is 9.97 Å². The SMILES string of the molecule is c1ccc(-c2ccc(-c3ccc(-c4cc(-c5ccccc5)nc(-c5cccc6oc7ccc(-c8ccc9ccccc9c8)cc7c56)n4)cc3)cc2)cc1. The zero-order valence-corrected chi connectivity index (χ0v) is 28.8. The molecule has 8 aromatic carbocycles. The first-order chi connectivity index (χ1) is 26.2. The molecule has 10 aromatic rings. The summed E-state index contributed by atoms with van der Waals surface area (Å²) in [5.74, 6) is 0.659. The molecule has 0 aliphatic carbocycles. The Kier molecular flexibility index (Phi) is 7.47. The third-order valence-corrected chi connectivity index (χ3v) is 10.1. The molecule has 0 spiro atoms. The number of furan rings is 1. The highest BCUT2D eigenvalue weighted by molar-refractivity contribution is 6.13. The van der Waals surface area contributed by atoms with Crippen LogP contribution >= 0.6 is 0 Å². The van der Waals surface area contributed by atoms with Gasteiger partial charge in [-0.3, -0.25) is 0 Å². The number of hydrogen-bond donors (Lipinski definition) is 0. The molecule has 2 heterocycles. The molecule has 0 bridgehead atoms. The highest BCUT2D eigenvalue weighted by Gasteiger charge is 2.18. The Morgan fingerprint density at radius 2 is 0.830 bits per heavy atom. The summed E-state index contributed by atoms with van der Waals surface area (Å²) in [6.45, 7) is 0. The van der Waals surface area contributed by atoms with Gasteiger partial charge in [0.1, 0.15) is 11.2 Å². The van der Waals surface area contributed by atoms with Crippen LogP contribution in [0.5, 0.6) is 0 Å². The van der Waals surface area contributed by atoms with Crippen LogP contribution < -0.4 is 0 Å². The molecule has 0 amide bonds.